The molecular weight excluding hydrogens is 442 g/mol. The van der Waals surface area contributed by atoms with Gasteiger partial charge in [0.2, 0.25) is 0 Å². The van der Waals surface area contributed by atoms with Gasteiger partial charge in [-0.3, -0.25) is 14.6 Å². The third kappa shape index (κ3) is 6.48. The number of amides is 1. The van der Waals surface area contributed by atoms with Gasteiger partial charge in [-0.25, -0.2) is 0 Å². The van der Waals surface area contributed by atoms with E-state index in [2.05, 4.69) is 23.7 Å². The molecule has 3 rings (SSSR count). The molecule has 0 radical (unpaired) electrons. The number of aliphatic hydroxyl groups excluding tert-OH is 1. The predicted molar refractivity (Wildman–Crippen MR) is 137 cm³/mol. The average Bonchev–Trinajstić information content (AvgIpc) is 3.15. The summed E-state index contributed by atoms with van der Waals surface area (Å²) in [6.45, 7) is 7.73. The smallest absolute Gasteiger partial charge is 0.295 e. The molecule has 35 heavy (non-hydrogen) atoms. The predicted octanol–water partition coefficient (Wildman–Crippen LogP) is 4.80. The van der Waals surface area contributed by atoms with Crippen LogP contribution in [0.5, 0.6) is 5.75 Å². The van der Waals surface area contributed by atoms with E-state index in [1.807, 2.05) is 6.07 Å². The molecule has 1 aromatic heterocycles. The maximum atomic E-state index is 13.1. The molecule has 0 saturated carbocycles. The third-order valence-electron chi connectivity index (χ3n) is 6.40. The van der Waals surface area contributed by atoms with Gasteiger partial charge in [-0.15, -0.1) is 0 Å². The van der Waals surface area contributed by atoms with Crippen LogP contribution in [0.15, 0.2) is 54.2 Å². The lowest BCUT2D eigenvalue weighted by molar-refractivity contribution is -0.140. The first-order valence-corrected chi connectivity index (χ1v) is 12.6. The van der Waals surface area contributed by atoms with Gasteiger partial charge in [0.1, 0.15) is 17.6 Å². The summed E-state index contributed by atoms with van der Waals surface area (Å²) in [5.41, 5.74) is 1.10. The zero-order chi connectivity index (χ0) is 25.2. The second kappa shape index (κ2) is 13.0. The number of carbonyl (C=O) groups excluding carboxylic acids is 2. The fourth-order valence-electron chi connectivity index (χ4n) is 4.42. The van der Waals surface area contributed by atoms with Gasteiger partial charge in [0.15, 0.2) is 0 Å². The van der Waals surface area contributed by atoms with Crippen molar-refractivity contribution in [2.75, 3.05) is 33.3 Å². The molecule has 1 aliphatic heterocycles. The second-order valence-electron chi connectivity index (χ2n) is 8.88. The molecule has 7 heteroatoms. The molecule has 1 unspecified atom stereocenters. The SMILES string of the molecule is CCCCN(CCCC)CCCN1C(=O)C(=O)/C(=C(\O)c2ccc(OC)cc2)C1c1ccccn1. The first-order valence-electron chi connectivity index (χ1n) is 12.6. The fourth-order valence-corrected chi connectivity index (χ4v) is 4.42. The fraction of sp³-hybridized carbons (Fsp3) is 0.464. The van der Waals surface area contributed by atoms with Crippen LogP contribution in [-0.4, -0.2) is 64.9 Å². The lowest BCUT2D eigenvalue weighted by atomic mass is 9.98. The van der Waals surface area contributed by atoms with E-state index >= 15 is 0 Å². The number of ketones is 1. The van der Waals surface area contributed by atoms with Crippen molar-refractivity contribution < 1.29 is 19.4 Å². The number of ether oxygens (including phenoxy) is 1. The number of Topliss-reactive ketones (excluding diaryl/α,β-unsaturated/α-hetero) is 1. The number of aromatic nitrogens is 1. The van der Waals surface area contributed by atoms with Crippen LogP contribution in [0.25, 0.3) is 5.76 Å². The minimum atomic E-state index is -0.724. The first kappa shape index (κ1) is 26.4. The molecular formula is C28H37N3O4. The van der Waals surface area contributed by atoms with E-state index in [0.29, 0.717) is 23.6 Å². The van der Waals surface area contributed by atoms with E-state index in [0.717, 1.165) is 51.7 Å². The Hall–Kier alpha value is -3.19. The quantitative estimate of drug-likeness (QED) is 0.252. The topological polar surface area (TPSA) is 83.0 Å². The lowest BCUT2D eigenvalue weighted by Gasteiger charge is -2.27. The molecule has 2 heterocycles. The number of hydrogen-bond donors (Lipinski definition) is 1. The van der Waals surface area contributed by atoms with Gasteiger partial charge in [0, 0.05) is 18.3 Å². The number of likely N-dealkylation sites (tertiary alicyclic amines) is 1. The van der Waals surface area contributed by atoms with E-state index in [4.69, 9.17) is 4.74 Å². The van der Waals surface area contributed by atoms with Crippen molar-refractivity contribution in [1.29, 1.82) is 0 Å². The highest BCUT2D eigenvalue weighted by Crippen LogP contribution is 2.38. The number of pyridine rings is 1. The molecule has 0 bridgehead atoms. The van der Waals surface area contributed by atoms with Gasteiger partial charge in [-0.1, -0.05) is 32.8 Å². The monoisotopic (exact) mass is 479 g/mol. The van der Waals surface area contributed by atoms with Crippen LogP contribution >= 0.6 is 0 Å². The van der Waals surface area contributed by atoms with E-state index in [1.54, 1.807) is 54.6 Å². The molecule has 1 aromatic carbocycles. The van der Waals surface area contributed by atoms with Crippen molar-refractivity contribution in [3.8, 4) is 5.75 Å². The Balaban J connectivity index is 1.88. The third-order valence-corrected chi connectivity index (χ3v) is 6.40. The molecule has 1 aliphatic rings. The highest BCUT2D eigenvalue weighted by Gasteiger charge is 2.46. The largest absolute Gasteiger partial charge is 0.507 e. The lowest BCUT2D eigenvalue weighted by Crippen LogP contribution is -2.34. The number of carbonyl (C=O) groups is 2. The van der Waals surface area contributed by atoms with Gasteiger partial charge < -0.3 is 19.6 Å². The van der Waals surface area contributed by atoms with E-state index in [9.17, 15) is 14.7 Å². The van der Waals surface area contributed by atoms with E-state index in [-0.39, 0.29) is 11.3 Å². The number of rotatable bonds is 13. The minimum Gasteiger partial charge on any atom is -0.507 e. The van der Waals surface area contributed by atoms with Gasteiger partial charge >= 0.3 is 0 Å². The molecule has 7 nitrogen and oxygen atoms in total. The molecule has 1 atom stereocenters. The van der Waals surface area contributed by atoms with Crippen molar-refractivity contribution in [1.82, 2.24) is 14.8 Å². The van der Waals surface area contributed by atoms with Crippen LogP contribution in [-0.2, 0) is 9.59 Å². The summed E-state index contributed by atoms with van der Waals surface area (Å²) in [6, 6.07) is 11.5. The summed E-state index contributed by atoms with van der Waals surface area (Å²) in [6.07, 6.45) is 6.95. The van der Waals surface area contributed by atoms with Gasteiger partial charge in [-0.2, -0.15) is 0 Å². The summed E-state index contributed by atoms with van der Waals surface area (Å²) >= 11 is 0. The molecule has 188 valence electrons. The van der Waals surface area contributed by atoms with Gasteiger partial charge in [-0.05, 0) is 75.3 Å². The number of aliphatic hydroxyl groups is 1. The zero-order valence-corrected chi connectivity index (χ0v) is 21.1. The van der Waals surface area contributed by atoms with Crippen LogP contribution in [0.3, 0.4) is 0 Å². The molecule has 0 aliphatic carbocycles. The Morgan fingerprint density at radius 1 is 1.00 bits per heavy atom. The van der Waals surface area contributed by atoms with Crippen LogP contribution < -0.4 is 4.74 Å². The van der Waals surface area contributed by atoms with Crippen molar-refractivity contribution in [3.63, 3.8) is 0 Å². The summed E-state index contributed by atoms with van der Waals surface area (Å²) in [7, 11) is 1.56. The Labute approximate surface area is 208 Å². The standard InChI is InChI=1S/C28H37N3O4/c1-4-6-17-30(18-7-5-2)19-10-20-31-25(23-11-8-9-16-29-23)24(27(33)28(31)34)26(32)21-12-14-22(35-3)15-13-21/h8-9,11-16,25,32H,4-7,10,17-20H2,1-3H3/b26-24-. The normalized spacial score (nSPS) is 17.4. The van der Waals surface area contributed by atoms with Crippen molar-refractivity contribution in [2.24, 2.45) is 0 Å². The number of hydrogen-bond acceptors (Lipinski definition) is 6. The molecule has 1 N–H and O–H groups in total. The zero-order valence-electron chi connectivity index (χ0n) is 21.1. The molecule has 1 saturated heterocycles. The molecule has 2 aromatic rings. The highest BCUT2D eigenvalue weighted by molar-refractivity contribution is 6.46. The summed E-state index contributed by atoms with van der Waals surface area (Å²) < 4.78 is 5.19. The molecule has 0 spiro atoms. The number of benzene rings is 1. The minimum absolute atomic E-state index is 0.0766. The number of nitrogens with zero attached hydrogens (tertiary/aromatic N) is 3. The van der Waals surface area contributed by atoms with Crippen LogP contribution in [0.4, 0.5) is 0 Å². The van der Waals surface area contributed by atoms with Gasteiger partial charge in [0.25, 0.3) is 11.7 Å². The number of methoxy groups -OCH3 is 1. The number of unbranched alkanes of at least 4 members (excludes halogenated alkanes) is 2. The van der Waals surface area contributed by atoms with E-state index < -0.39 is 17.7 Å². The van der Waals surface area contributed by atoms with Crippen molar-refractivity contribution >= 4 is 17.4 Å². The Kier molecular flexibility index (Phi) is 9.85. The summed E-state index contributed by atoms with van der Waals surface area (Å²) in [5, 5.41) is 11.1. The molecule has 1 amide bonds. The van der Waals surface area contributed by atoms with Crippen LogP contribution in [0, 0.1) is 0 Å². The molecule has 1 fully saturated rings. The summed E-state index contributed by atoms with van der Waals surface area (Å²) in [5.74, 6) is -0.831. The Bertz CT molecular complexity index is 997. The Morgan fingerprint density at radius 2 is 1.66 bits per heavy atom. The maximum Gasteiger partial charge on any atom is 0.295 e. The Morgan fingerprint density at radius 3 is 2.23 bits per heavy atom. The first-order chi connectivity index (χ1) is 17.0. The van der Waals surface area contributed by atoms with E-state index in [1.165, 1.54) is 0 Å². The second-order valence-corrected chi connectivity index (χ2v) is 8.88. The van der Waals surface area contributed by atoms with Crippen LogP contribution in [0.1, 0.15) is 63.3 Å². The highest BCUT2D eigenvalue weighted by atomic mass is 16.5. The van der Waals surface area contributed by atoms with Gasteiger partial charge in [0.05, 0.1) is 18.4 Å². The van der Waals surface area contributed by atoms with Crippen molar-refractivity contribution in [2.45, 2.75) is 52.0 Å². The summed E-state index contributed by atoms with van der Waals surface area (Å²) in [4.78, 5) is 34.7. The maximum absolute atomic E-state index is 13.1. The van der Waals surface area contributed by atoms with Crippen LogP contribution in [0.2, 0.25) is 0 Å². The average molecular weight is 480 g/mol. The van der Waals surface area contributed by atoms with Crippen molar-refractivity contribution in [3.05, 3.63) is 65.5 Å².